The van der Waals surface area contributed by atoms with Crippen molar-refractivity contribution in [2.24, 2.45) is 0 Å². The first kappa shape index (κ1) is 15.3. The highest BCUT2D eigenvalue weighted by Crippen LogP contribution is 2.41. The molecule has 1 unspecified atom stereocenters. The smallest absolute Gasteiger partial charge is 0.345 e. The van der Waals surface area contributed by atoms with Crippen LogP contribution >= 0.6 is 0 Å². The van der Waals surface area contributed by atoms with Crippen LogP contribution in [-0.4, -0.2) is 45.1 Å². The van der Waals surface area contributed by atoms with E-state index >= 15 is 0 Å². The molecule has 0 spiro atoms. The number of ether oxygens (including phenoxy) is 3. The number of nitrogens with two attached hydrogens (primary N) is 1. The molecule has 0 saturated carbocycles. The average Bonchev–Trinajstić information content (AvgIpc) is 2.81. The van der Waals surface area contributed by atoms with Crippen molar-refractivity contribution in [2.75, 3.05) is 43.5 Å². The van der Waals surface area contributed by atoms with Gasteiger partial charge in [-0.2, -0.15) is 8.78 Å². The van der Waals surface area contributed by atoms with Gasteiger partial charge in [-0.3, -0.25) is 0 Å². The van der Waals surface area contributed by atoms with Crippen LogP contribution in [0.15, 0.2) is 12.1 Å². The zero-order chi connectivity index (χ0) is 15.7. The Kier molecular flexibility index (Phi) is 4.10. The lowest BCUT2D eigenvalue weighted by Gasteiger charge is -2.30. The van der Waals surface area contributed by atoms with Gasteiger partial charge in [0.15, 0.2) is 0 Å². The van der Waals surface area contributed by atoms with Gasteiger partial charge < -0.3 is 24.8 Å². The largest absolute Gasteiger partial charge is 0.484 e. The summed E-state index contributed by atoms with van der Waals surface area (Å²) in [6, 6.07) is 3.76. The van der Waals surface area contributed by atoms with Gasteiger partial charge in [-0.25, -0.2) is 0 Å². The second kappa shape index (κ2) is 5.89. The molecule has 0 aliphatic carbocycles. The number of benzene rings is 1. The molecule has 22 heavy (non-hydrogen) atoms. The van der Waals surface area contributed by atoms with Crippen molar-refractivity contribution in [1.82, 2.24) is 0 Å². The highest BCUT2D eigenvalue weighted by Gasteiger charge is 2.37. The Morgan fingerprint density at radius 1 is 1.36 bits per heavy atom. The maximum Gasteiger partial charge on any atom is 0.345 e. The minimum absolute atomic E-state index is 0.161. The summed E-state index contributed by atoms with van der Waals surface area (Å²) >= 11 is 0. The third kappa shape index (κ3) is 3.10. The molecular formula is C15H20F2N2O3. The quantitative estimate of drug-likeness (QED) is 0.862. The molecular weight excluding hydrogens is 294 g/mol. The van der Waals surface area contributed by atoms with Gasteiger partial charge >= 0.3 is 6.61 Å². The fourth-order valence-corrected chi connectivity index (χ4v) is 2.97. The third-order valence-corrected chi connectivity index (χ3v) is 4.00. The maximum absolute atomic E-state index is 12.2. The first-order chi connectivity index (χ1) is 10.5. The van der Waals surface area contributed by atoms with Crippen LogP contribution in [0.25, 0.3) is 0 Å². The van der Waals surface area contributed by atoms with Gasteiger partial charge in [0.2, 0.25) is 0 Å². The molecule has 1 fully saturated rings. The molecule has 1 aromatic rings. The number of nitrogen functional groups attached to an aromatic ring is 1. The van der Waals surface area contributed by atoms with Gasteiger partial charge in [0, 0.05) is 31.1 Å². The molecule has 2 heterocycles. The number of alkyl halides is 2. The van der Waals surface area contributed by atoms with E-state index in [1.54, 1.807) is 6.92 Å². The normalized spacial score (nSPS) is 24.5. The van der Waals surface area contributed by atoms with Crippen molar-refractivity contribution in [3.8, 4) is 5.75 Å². The zero-order valence-electron chi connectivity index (χ0n) is 12.5. The molecule has 5 nitrogen and oxygen atoms in total. The fraction of sp³-hybridized carbons (Fsp3) is 0.600. The summed E-state index contributed by atoms with van der Waals surface area (Å²) in [6.45, 7) is 1.68. The molecule has 7 heteroatoms. The minimum atomic E-state index is -2.79. The third-order valence-electron chi connectivity index (χ3n) is 4.00. The summed E-state index contributed by atoms with van der Waals surface area (Å²) in [5.41, 5.74) is 7.86. The number of rotatable bonds is 4. The van der Waals surface area contributed by atoms with Crippen molar-refractivity contribution in [3.63, 3.8) is 0 Å². The van der Waals surface area contributed by atoms with E-state index in [4.69, 9.17) is 15.2 Å². The van der Waals surface area contributed by atoms with E-state index in [2.05, 4.69) is 9.64 Å². The van der Waals surface area contributed by atoms with Gasteiger partial charge in [-0.1, -0.05) is 0 Å². The molecule has 0 aromatic heterocycles. The van der Waals surface area contributed by atoms with Gasteiger partial charge in [0.1, 0.15) is 11.4 Å². The number of halogens is 2. The Labute approximate surface area is 127 Å². The number of morpholine rings is 1. The van der Waals surface area contributed by atoms with Crippen molar-refractivity contribution in [2.45, 2.75) is 25.6 Å². The molecule has 2 aliphatic rings. The lowest BCUT2D eigenvalue weighted by Crippen LogP contribution is -2.37. The summed E-state index contributed by atoms with van der Waals surface area (Å²) in [5, 5.41) is 0. The number of nitrogens with zero attached hydrogens (tertiary/aromatic N) is 1. The highest BCUT2D eigenvalue weighted by molar-refractivity contribution is 5.72. The van der Waals surface area contributed by atoms with Crippen molar-refractivity contribution >= 4 is 11.4 Å². The van der Waals surface area contributed by atoms with Gasteiger partial charge in [-0.15, -0.1) is 0 Å². The van der Waals surface area contributed by atoms with Gasteiger partial charge in [0.05, 0.1) is 31.2 Å². The topological polar surface area (TPSA) is 57.0 Å². The number of anilines is 2. The summed E-state index contributed by atoms with van der Waals surface area (Å²) in [7, 11) is 0. The van der Waals surface area contributed by atoms with E-state index in [0.29, 0.717) is 31.1 Å². The Hall–Kier alpha value is -1.60. The zero-order valence-corrected chi connectivity index (χ0v) is 12.5. The second-order valence-electron chi connectivity index (χ2n) is 5.92. The summed E-state index contributed by atoms with van der Waals surface area (Å²) in [4.78, 5) is 2.15. The Morgan fingerprint density at radius 2 is 2.09 bits per heavy atom. The summed E-state index contributed by atoms with van der Waals surface area (Å²) in [5.74, 6) is 0.691. The molecule has 1 atom stereocenters. The van der Waals surface area contributed by atoms with Crippen LogP contribution in [0.5, 0.6) is 5.75 Å². The minimum Gasteiger partial charge on any atom is -0.484 e. The molecule has 0 amide bonds. The van der Waals surface area contributed by atoms with E-state index in [-0.39, 0.29) is 6.61 Å². The van der Waals surface area contributed by atoms with Crippen molar-refractivity contribution in [3.05, 3.63) is 17.7 Å². The Balaban J connectivity index is 1.78. The van der Waals surface area contributed by atoms with Crippen LogP contribution in [0.1, 0.15) is 12.5 Å². The van der Waals surface area contributed by atoms with Crippen LogP contribution in [0, 0.1) is 0 Å². The fourth-order valence-electron chi connectivity index (χ4n) is 2.97. The van der Waals surface area contributed by atoms with E-state index in [9.17, 15) is 8.78 Å². The average molecular weight is 314 g/mol. The maximum atomic E-state index is 12.2. The van der Waals surface area contributed by atoms with E-state index in [0.717, 1.165) is 24.3 Å². The Bertz CT molecular complexity index is 550. The van der Waals surface area contributed by atoms with Gasteiger partial charge in [-0.05, 0) is 13.0 Å². The molecule has 2 N–H and O–H groups in total. The lowest BCUT2D eigenvalue weighted by atomic mass is 9.99. The summed E-state index contributed by atoms with van der Waals surface area (Å²) in [6.07, 6.45) is 0.503. The molecule has 1 saturated heterocycles. The molecule has 1 aromatic carbocycles. The SMILES string of the molecule is CC1(COC(F)F)Cc2cc(N)c(N3CCOCC3)cc2O1. The predicted molar refractivity (Wildman–Crippen MR) is 78.6 cm³/mol. The second-order valence-corrected chi connectivity index (χ2v) is 5.92. The Morgan fingerprint density at radius 3 is 2.77 bits per heavy atom. The molecule has 0 bridgehead atoms. The van der Waals surface area contributed by atoms with E-state index < -0.39 is 12.2 Å². The number of fused-ring (bicyclic) bond motifs is 1. The van der Waals surface area contributed by atoms with E-state index in [1.165, 1.54) is 0 Å². The lowest BCUT2D eigenvalue weighted by molar-refractivity contribution is -0.158. The highest BCUT2D eigenvalue weighted by atomic mass is 19.3. The van der Waals surface area contributed by atoms with Crippen molar-refractivity contribution < 1.29 is 23.0 Å². The first-order valence-electron chi connectivity index (χ1n) is 7.31. The van der Waals surface area contributed by atoms with Crippen LogP contribution in [0.4, 0.5) is 20.2 Å². The van der Waals surface area contributed by atoms with Crippen molar-refractivity contribution in [1.29, 1.82) is 0 Å². The summed E-state index contributed by atoms with van der Waals surface area (Å²) < 4.78 is 40.1. The molecule has 0 radical (unpaired) electrons. The monoisotopic (exact) mass is 314 g/mol. The standard InChI is InChI=1S/C15H20F2N2O3/c1-15(9-21-14(16)17)8-10-6-11(18)12(7-13(10)22-15)19-2-4-20-5-3-19/h6-7,14H,2-5,8-9,18H2,1H3. The molecule has 3 rings (SSSR count). The first-order valence-corrected chi connectivity index (χ1v) is 7.31. The predicted octanol–water partition coefficient (Wildman–Crippen LogP) is 2.04. The van der Waals surface area contributed by atoms with Crippen LogP contribution in [0.2, 0.25) is 0 Å². The molecule has 122 valence electrons. The van der Waals surface area contributed by atoms with Crippen LogP contribution in [-0.2, 0) is 15.9 Å². The van der Waals surface area contributed by atoms with Crippen LogP contribution in [0.3, 0.4) is 0 Å². The van der Waals surface area contributed by atoms with E-state index in [1.807, 2.05) is 12.1 Å². The number of hydrogen-bond donors (Lipinski definition) is 1. The van der Waals surface area contributed by atoms with Gasteiger partial charge in [0.25, 0.3) is 0 Å². The number of hydrogen-bond acceptors (Lipinski definition) is 5. The molecule has 2 aliphatic heterocycles. The van der Waals surface area contributed by atoms with Crippen LogP contribution < -0.4 is 15.4 Å².